The van der Waals surface area contributed by atoms with Crippen LogP contribution in [0, 0.1) is 0 Å². The van der Waals surface area contributed by atoms with Gasteiger partial charge >= 0.3 is 6.03 Å². The molecule has 32 heavy (non-hydrogen) atoms. The van der Waals surface area contributed by atoms with Crippen molar-refractivity contribution in [3.63, 3.8) is 0 Å². The predicted molar refractivity (Wildman–Crippen MR) is 112 cm³/mol. The lowest BCUT2D eigenvalue weighted by Crippen LogP contribution is -2.31. The Morgan fingerprint density at radius 2 is 2.12 bits per heavy atom. The van der Waals surface area contributed by atoms with Crippen molar-refractivity contribution >= 4 is 34.7 Å². The molecule has 1 aliphatic carbocycles. The van der Waals surface area contributed by atoms with Gasteiger partial charge in [-0.25, -0.2) is 22.9 Å². The molecular weight excluding hydrogens is 427 g/mol. The summed E-state index contributed by atoms with van der Waals surface area (Å²) in [5.41, 5.74) is 0.767. The van der Waals surface area contributed by atoms with E-state index >= 15 is 0 Å². The minimum atomic E-state index is -2.98. The normalized spacial score (nSPS) is 20.8. The van der Waals surface area contributed by atoms with E-state index in [9.17, 15) is 18.0 Å². The first-order valence-corrected chi connectivity index (χ1v) is 10.0. The fourth-order valence-corrected chi connectivity index (χ4v) is 3.57. The molecule has 0 radical (unpaired) electrons. The molecule has 1 aromatic carbocycles. The molecule has 5 rings (SSSR count). The van der Waals surface area contributed by atoms with Gasteiger partial charge in [0.2, 0.25) is 0 Å². The number of hydrogen-bond acceptors (Lipinski definition) is 6. The minimum Gasteiger partial charge on any atom is -0.491 e. The SMILES string of the molecule is CNc1cc(Nc2cccc3c2OCCC3(F)F)nc2c(NC(=O)N[C@@H]3C[C@@H]3F)cnn12. The zero-order valence-electron chi connectivity index (χ0n) is 17.0. The third-order valence-electron chi connectivity index (χ3n) is 5.34. The number of hydrogen-bond donors (Lipinski definition) is 4. The van der Waals surface area contributed by atoms with Gasteiger partial charge in [0.1, 0.15) is 23.5 Å². The third-order valence-corrected chi connectivity index (χ3v) is 5.34. The van der Waals surface area contributed by atoms with Crippen molar-refractivity contribution in [1.82, 2.24) is 19.9 Å². The molecule has 0 spiro atoms. The van der Waals surface area contributed by atoms with Crippen molar-refractivity contribution in [3.05, 3.63) is 36.0 Å². The molecule has 3 heterocycles. The summed E-state index contributed by atoms with van der Waals surface area (Å²) < 4.78 is 48.6. The molecule has 2 aromatic heterocycles. The Morgan fingerprint density at radius 3 is 2.88 bits per heavy atom. The molecule has 0 unspecified atom stereocenters. The Labute approximate surface area is 180 Å². The maximum atomic E-state index is 14.3. The lowest BCUT2D eigenvalue weighted by atomic mass is 10.0. The summed E-state index contributed by atoms with van der Waals surface area (Å²) in [6, 6.07) is 5.07. The summed E-state index contributed by atoms with van der Waals surface area (Å²) >= 11 is 0. The Kier molecular flexibility index (Phi) is 4.72. The molecule has 0 bridgehead atoms. The van der Waals surface area contributed by atoms with Crippen molar-refractivity contribution in [3.8, 4) is 5.75 Å². The second-order valence-corrected chi connectivity index (χ2v) is 7.64. The second-order valence-electron chi connectivity index (χ2n) is 7.64. The number of para-hydroxylation sites is 1. The van der Waals surface area contributed by atoms with Gasteiger partial charge in [-0.2, -0.15) is 9.61 Å². The van der Waals surface area contributed by atoms with E-state index in [4.69, 9.17) is 4.74 Å². The minimum absolute atomic E-state index is 0.0767. The highest BCUT2D eigenvalue weighted by Gasteiger charge is 2.39. The summed E-state index contributed by atoms with van der Waals surface area (Å²) in [5, 5.41) is 15.4. The lowest BCUT2D eigenvalue weighted by Gasteiger charge is -2.27. The first kappa shape index (κ1) is 20.2. The highest BCUT2D eigenvalue weighted by Crippen LogP contribution is 2.45. The monoisotopic (exact) mass is 447 g/mol. The lowest BCUT2D eigenvalue weighted by molar-refractivity contribution is -0.0402. The number of benzene rings is 1. The van der Waals surface area contributed by atoms with E-state index < -0.39 is 24.2 Å². The van der Waals surface area contributed by atoms with Gasteiger partial charge in [-0.1, -0.05) is 6.07 Å². The van der Waals surface area contributed by atoms with Gasteiger partial charge in [0.15, 0.2) is 11.4 Å². The van der Waals surface area contributed by atoms with E-state index in [0.717, 1.165) is 0 Å². The van der Waals surface area contributed by atoms with Crippen LogP contribution in [0.3, 0.4) is 0 Å². The maximum absolute atomic E-state index is 14.3. The molecule has 2 amide bonds. The molecule has 168 valence electrons. The Morgan fingerprint density at radius 1 is 1.31 bits per heavy atom. The van der Waals surface area contributed by atoms with Crippen LogP contribution in [0.4, 0.5) is 41.0 Å². The molecule has 3 aromatic rings. The van der Waals surface area contributed by atoms with Crippen molar-refractivity contribution in [1.29, 1.82) is 0 Å². The Hall–Kier alpha value is -3.70. The zero-order chi connectivity index (χ0) is 22.5. The summed E-state index contributed by atoms with van der Waals surface area (Å²) in [6.07, 6.45) is 0.302. The molecule has 9 nitrogen and oxygen atoms in total. The number of nitrogens with one attached hydrogen (secondary N) is 4. The van der Waals surface area contributed by atoms with Crippen LogP contribution >= 0.6 is 0 Å². The molecule has 4 N–H and O–H groups in total. The van der Waals surface area contributed by atoms with E-state index in [1.54, 1.807) is 19.2 Å². The fraction of sp³-hybridized carbons (Fsp3) is 0.350. The average molecular weight is 447 g/mol. The summed E-state index contributed by atoms with van der Waals surface area (Å²) in [5.74, 6) is -2.04. The molecule has 12 heteroatoms. The van der Waals surface area contributed by atoms with Gasteiger partial charge in [-0.3, -0.25) is 0 Å². The van der Waals surface area contributed by atoms with Crippen LogP contribution in [0.25, 0.3) is 5.65 Å². The Balaban J connectivity index is 1.47. The van der Waals surface area contributed by atoms with Crippen LogP contribution in [0.1, 0.15) is 18.4 Å². The number of carbonyl (C=O) groups excluding carboxylic acids is 1. The Bertz CT molecular complexity index is 1200. The standard InChI is InChI=1S/C20H20F3N7O2/c1-24-16-8-15(26-12-4-2-3-10-17(12)32-6-5-20(10,22)23)29-18-14(9-25-30(16)18)28-19(31)27-13-7-11(13)21/h2-4,8-9,11,13,24H,5-7H2,1H3,(H,26,29)(H2,27,28,31)/t11-,13+/m0/s1. The van der Waals surface area contributed by atoms with Crippen molar-refractivity contribution in [2.75, 3.05) is 29.6 Å². The number of aromatic nitrogens is 3. The largest absolute Gasteiger partial charge is 0.491 e. The average Bonchev–Trinajstić information content (AvgIpc) is 3.29. The molecule has 1 aliphatic heterocycles. The predicted octanol–water partition coefficient (Wildman–Crippen LogP) is 3.62. The van der Waals surface area contributed by atoms with Gasteiger partial charge < -0.3 is 26.0 Å². The molecule has 1 saturated carbocycles. The zero-order valence-corrected chi connectivity index (χ0v) is 17.0. The first-order chi connectivity index (χ1) is 15.4. The van der Waals surface area contributed by atoms with E-state index in [2.05, 4.69) is 31.3 Å². The van der Waals surface area contributed by atoms with Gasteiger partial charge in [0, 0.05) is 19.5 Å². The third kappa shape index (κ3) is 3.61. The number of fused-ring (bicyclic) bond motifs is 2. The smallest absolute Gasteiger partial charge is 0.319 e. The molecule has 2 atom stereocenters. The number of halogens is 3. The van der Waals surface area contributed by atoms with E-state index in [1.807, 2.05) is 0 Å². The number of urea groups is 1. The fourth-order valence-electron chi connectivity index (χ4n) is 3.57. The molecular formula is C20H20F3N7O2. The maximum Gasteiger partial charge on any atom is 0.319 e. The molecule has 1 fully saturated rings. The van der Waals surface area contributed by atoms with Gasteiger partial charge in [-0.15, -0.1) is 0 Å². The number of nitrogens with zero attached hydrogens (tertiary/aromatic N) is 3. The van der Waals surface area contributed by atoms with Crippen molar-refractivity contribution < 1.29 is 22.7 Å². The van der Waals surface area contributed by atoms with Crippen LogP contribution in [-0.4, -0.2) is 46.5 Å². The van der Waals surface area contributed by atoms with E-state index in [1.165, 1.54) is 22.8 Å². The van der Waals surface area contributed by atoms with Crippen molar-refractivity contribution in [2.45, 2.75) is 31.0 Å². The topological polar surface area (TPSA) is 105 Å². The number of anilines is 4. The highest BCUT2D eigenvalue weighted by atomic mass is 19.3. The number of amides is 2. The van der Waals surface area contributed by atoms with Crippen LogP contribution in [0.15, 0.2) is 30.5 Å². The number of alkyl halides is 3. The van der Waals surface area contributed by atoms with E-state index in [-0.39, 0.29) is 24.3 Å². The molecule has 2 aliphatic rings. The van der Waals surface area contributed by atoms with Crippen molar-refractivity contribution in [2.24, 2.45) is 0 Å². The highest BCUT2D eigenvalue weighted by molar-refractivity contribution is 5.93. The number of ether oxygens (including phenoxy) is 1. The van der Waals surface area contributed by atoms with Gasteiger partial charge in [0.25, 0.3) is 5.92 Å². The van der Waals surface area contributed by atoms with Crippen LogP contribution < -0.4 is 26.0 Å². The number of rotatable bonds is 5. The van der Waals surface area contributed by atoms with E-state index in [0.29, 0.717) is 35.1 Å². The quantitative estimate of drug-likeness (QED) is 0.476. The van der Waals surface area contributed by atoms with Crippen LogP contribution in [0.2, 0.25) is 0 Å². The van der Waals surface area contributed by atoms with Gasteiger partial charge in [0.05, 0.1) is 36.5 Å². The summed E-state index contributed by atoms with van der Waals surface area (Å²) in [6.45, 7) is -0.0978. The van der Waals surface area contributed by atoms with Crippen LogP contribution in [0.5, 0.6) is 5.75 Å². The summed E-state index contributed by atoms with van der Waals surface area (Å²) in [7, 11) is 1.68. The molecule has 0 saturated heterocycles. The first-order valence-electron chi connectivity index (χ1n) is 10.0. The van der Waals surface area contributed by atoms with Gasteiger partial charge in [-0.05, 0) is 12.1 Å². The second kappa shape index (κ2) is 7.46. The number of carbonyl (C=O) groups is 1. The van der Waals surface area contributed by atoms with Crippen LogP contribution in [-0.2, 0) is 5.92 Å². The summed E-state index contributed by atoms with van der Waals surface area (Å²) in [4.78, 5) is 16.6.